The minimum Gasteiger partial charge on any atom is -0.308 e. The highest BCUT2D eigenvalue weighted by Gasteiger charge is 2.20. The van der Waals surface area contributed by atoms with Crippen LogP contribution in [0.1, 0.15) is 16.2 Å². The van der Waals surface area contributed by atoms with Crippen LogP contribution >= 0.6 is 27.5 Å². The van der Waals surface area contributed by atoms with E-state index in [4.69, 9.17) is 0 Å². The summed E-state index contributed by atoms with van der Waals surface area (Å²) in [6.45, 7) is 1.46. The van der Waals surface area contributed by atoms with E-state index in [1.165, 1.54) is 0 Å². The summed E-state index contributed by atoms with van der Waals surface area (Å²) < 4.78 is 6.07. The summed E-state index contributed by atoms with van der Waals surface area (Å²) in [5, 5.41) is 9.63. The molecule has 0 bridgehead atoms. The van der Waals surface area contributed by atoms with Gasteiger partial charge in [-0.1, -0.05) is 4.49 Å². The van der Waals surface area contributed by atoms with Gasteiger partial charge in [-0.15, -0.1) is 5.10 Å². The molecule has 0 saturated carbocycles. The molecule has 2 rings (SSSR count). The van der Waals surface area contributed by atoms with Gasteiger partial charge in [-0.05, 0) is 41.6 Å². The number of carbonyl (C=O) groups excluding carboxylic acids is 1. The number of nitrogens with zero attached hydrogens (tertiary/aromatic N) is 5. The summed E-state index contributed by atoms with van der Waals surface area (Å²) in [6, 6.07) is 0. The normalized spacial score (nSPS) is 11.1. The van der Waals surface area contributed by atoms with Crippen LogP contribution in [0, 0.1) is 0 Å². The lowest BCUT2D eigenvalue weighted by Gasteiger charge is -2.11. The van der Waals surface area contributed by atoms with E-state index in [1.807, 2.05) is 19.0 Å². The third-order valence-electron chi connectivity index (χ3n) is 2.36. The van der Waals surface area contributed by atoms with Crippen LogP contribution in [0.2, 0.25) is 0 Å². The van der Waals surface area contributed by atoms with Gasteiger partial charge in [0.25, 0.3) is 0 Å². The van der Waals surface area contributed by atoms with E-state index in [-0.39, 0.29) is 5.78 Å². The predicted molar refractivity (Wildman–Crippen MR) is 71.8 cm³/mol. The molecule has 0 amide bonds. The van der Waals surface area contributed by atoms with Crippen molar-refractivity contribution >= 4 is 33.2 Å². The molecule has 6 nitrogen and oxygen atoms in total. The summed E-state index contributed by atoms with van der Waals surface area (Å²) >= 11 is 4.51. The van der Waals surface area contributed by atoms with Crippen molar-refractivity contribution in [3.05, 3.63) is 27.4 Å². The summed E-state index contributed by atoms with van der Waals surface area (Å²) in [4.78, 5) is 14.3. The molecule has 0 N–H and O–H groups in total. The van der Waals surface area contributed by atoms with Crippen molar-refractivity contribution in [1.29, 1.82) is 0 Å². The average molecular weight is 330 g/mol. The maximum atomic E-state index is 12.3. The largest absolute Gasteiger partial charge is 0.308 e. The Labute approximate surface area is 117 Å². The molecule has 0 aromatic carbocycles. The van der Waals surface area contributed by atoms with Crippen molar-refractivity contribution in [3.63, 3.8) is 0 Å². The lowest BCUT2D eigenvalue weighted by molar-refractivity contribution is 0.102. The Balaban J connectivity index is 2.26. The van der Waals surface area contributed by atoms with E-state index in [1.54, 1.807) is 16.3 Å². The van der Waals surface area contributed by atoms with Gasteiger partial charge in [-0.3, -0.25) is 9.48 Å². The molecule has 0 atom stereocenters. The number of likely N-dealkylation sites (N-methyl/N-ethyl adjacent to an activating group) is 1. The monoisotopic (exact) mass is 329 g/mol. The fourth-order valence-corrected chi connectivity index (χ4v) is 2.35. The van der Waals surface area contributed by atoms with E-state index < -0.39 is 0 Å². The molecule has 8 heteroatoms. The third kappa shape index (κ3) is 2.82. The van der Waals surface area contributed by atoms with Crippen molar-refractivity contribution in [2.75, 3.05) is 20.6 Å². The Morgan fingerprint density at radius 2 is 2.33 bits per heavy atom. The Morgan fingerprint density at radius 3 is 2.94 bits per heavy atom. The van der Waals surface area contributed by atoms with Crippen LogP contribution < -0.4 is 0 Å². The molecule has 0 spiro atoms. The molecule has 18 heavy (non-hydrogen) atoms. The average Bonchev–Trinajstić information content (AvgIpc) is 2.94. The highest BCUT2D eigenvalue weighted by Crippen LogP contribution is 2.19. The van der Waals surface area contributed by atoms with Crippen LogP contribution in [-0.4, -0.2) is 50.7 Å². The number of halogens is 1. The molecule has 2 aromatic heterocycles. The third-order valence-corrected chi connectivity index (χ3v) is 3.45. The van der Waals surface area contributed by atoms with Gasteiger partial charge < -0.3 is 4.90 Å². The maximum absolute atomic E-state index is 12.3. The van der Waals surface area contributed by atoms with E-state index >= 15 is 0 Å². The van der Waals surface area contributed by atoms with Crippen LogP contribution in [0.15, 0.2) is 16.0 Å². The van der Waals surface area contributed by atoms with Crippen LogP contribution in [0.4, 0.5) is 0 Å². The molecule has 0 fully saturated rings. The fourth-order valence-electron chi connectivity index (χ4n) is 1.44. The van der Waals surface area contributed by atoms with Gasteiger partial charge >= 0.3 is 0 Å². The van der Waals surface area contributed by atoms with Crippen LogP contribution in [0.25, 0.3) is 0 Å². The number of aromatic nitrogens is 4. The smallest absolute Gasteiger partial charge is 0.233 e. The molecule has 0 aliphatic heterocycles. The minimum absolute atomic E-state index is 0.160. The molecule has 0 saturated heterocycles. The first-order valence-electron chi connectivity index (χ1n) is 5.27. The zero-order chi connectivity index (χ0) is 13.1. The Morgan fingerprint density at radius 1 is 1.56 bits per heavy atom. The summed E-state index contributed by atoms with van der Waals surface area (Å²) in [5.41, 5.74) is 0.872. The number of ketones is 1. The van der Waals surface area contributed by atoms with Crippen LogP contribution in [-0.2, 0) is 6.54 Å². The van der Waals surface area contributed by atoms with Crippen molar-refractivity contribution in [2.24, 2.45) is 0 Å². The Hall–Kier alpha value is -1.12. The maximum Gasteiger partial charge on any atom is 0.233 e. The van der Waals surface area contributed by atoms with Crippen molar-refractivity contribution in [3.8, 4) is 0 Å². The first kappa shape index (κ1) is 13.3. The minimum atomic E-state index is -0.160. The van der Waals surface area contributed by atoms with Gasteiger partial charge in [-0.25, -0.2) is 0 Å². The molecule has 96 valence electrons. The SMILES string of the molecule is CN(C)CCn1ncc(Br)c1C(=O)c1csnn1. The second kappa shape index (κ2) is 5.68. The lowest BCUT2D eigenvalue weighted by atomic mass is 10.2. The number of rotatable bonds is 5. The van der Waals surface area contributed by atoms with Gasteiger partial charge in [0.2, 0.25) is 5.78 Å². The summed E-state index contributed by atoms with van der Waals surface area (Å²) in [6.07, 6.45) is 1.63. The highest BCUT2D eigenvalue weighted by molar-refractivity contribution is 9.10. The van der Waals surface area contributed by atoms with E-state index in [2.05, 4.69) is 30.6 Å². The standard InChI is InChI=1S/C10H12BrN5OS/c1-15(2)3-4-16-9(7(11)5-12-16)10(17)8-6-18-14-13-8/h5-6H,3-4H2,1-2H3. The second-order valence-electron chi connectivity index (χ2n) is 3.99. The first-order chi connectivity index (χ1) is 8.59. The van der Waals surface area contributed by atoms with Crippen molar-refractivity contribution in [1.82, 2.24) is 24.3 Å². The molecule has 0 aliphatic rings. The van der Waals surface area contributed by atoms with Gasteiger partial charge in [-0.2, -0.15) is 5.10 Å². The Kier molecular flexibility index (Phi) is 4.20. The van der Waals surface area contributed by atoms with Gasteiger partial charge in [0.15, 0.2) is 0 Å². The molecular formula is C10H12BrN5OS. The Bertz CT molecular complexity index is 536. The lowest BCUT2D eigenvalue weighted by Crippen LogP contribution is -2.22. The van der Waals surface area contributed by atoms with Crippen molar-refractivity contribution in [2.45, 2.75) is 6.54 Å². The molecule has 0 unspecified atom stereocenters. The number of hydrogen-bond donors (Lipinski definition) is 0. The first-order valence-corrected chi connectivity index (χ1v) is 6.90. The van der Waals surface area contributed by atoms with E-state index in [9.17, 15) is 4.79 Å². The number of carbonyl (C=O) groups is 1. The van der Waals surface area contributed by atoms with E-state index in [0.29, 0.717) is 22.4 Å². The summed E-state index contributed by atoms with van der Waals surface area (Å²) in [5.74, 6) is -0.160. The summed E-state index contributed by atoms with van der Waals surface area (Å²) in [7, 11) is 3.95. The van der Waals surface area contributed by atoms with E-state index in [0.717, 1.165) is 18.1 Å². The zero-order valence-electron chi connectivity index (χ0n) is 10.00. The van der Waals surface area contributed by atoms with Gasteiger partial charge in [0, 0.05) is 11.9 Å². The molecule has 2 aromatic rings. The molecule has 2 heterocycles. The number of hydrogen-bond acceptors (Lipinski definition) is 6. The zero-order valence-corrected chi connectivity index (χ0v) is 12.4. The van der Waals surface area contributed by atoms with Crippen molar-refractivity contribution < 1.29 is 4.79 Å². The molecular weight excluding hydrogens is 318 g/mol. The topological polar surface area (TPSA) is 63.9 Å². The van der Waals surface area contributed by atoms with Crippen LogP contribution in [0.5, 0.6) is 0 Å². The highest BCUT2D eigenvalue weighted by atomic mass is 79.9. The molecule has 0 aliphatic carbocycles. The quantitative estimate of drug-likeness (QED) is 0.773. The fraction of sp³-hybridized carbons (Fsp3) is 0.400. The van der Waals surface area contributed by atoms with Gasteiger partial charge in [0.1, 0.15) is 11.4 Å². The molecule has 0 radical (unpaired) electrons. The van der Waals surface area contributed by atoms with Gasteiger partial charge in [0.05, 0.1) is 17.2 Å². The second-order valence-corrected chi connectivity index (χ2v) is 5.45. The van der Waals surface area contributed by atoms with Crippen LogP contribution in [0.3, 0.4) is 0 Å². The predicted octanol–water partition coefficient (Wildman–Crippen LogP) is 1.29.